The molecule has 1 N–H and O–H groups in total. The zero-order chi connectivity index (χ0) is 10.8. The summed E-state index contributed by atoms with van der Waals surface area (Å²) >= 11 is 0. The second-order valence-corrected chi connectivity index (χ2v) is 2.54. The first-order valence-corrected chi connectivity index (χ1v) is 3.70. The SMILES string of the molecule is COc1cc(CO)nc(C(F)(F)F)c1. The summed E-state index contributed by atoms with van der Waals surface area (Å²) in [6.07, 6.45) is -4.53. The van der Waals surface area contributed by atoms with Crippen molar-refractivity contribution < 1.29 is 23.0 Å². The van der Waals surface area contributed by atoms with E-state index in [-0.39, 0.29) is 11.4 Å². The van der Waals surface area contributed by atoms with Gasteiger partial charge in [0.1, 0.15) is 11.4 Å². The first-order chi connectivity index (χ1) is 6.47. The summed E-state index contributed by atoms with van der Waals surface area (Å²) in [4.78, 5) is 3.22. The van der Waals surface area contributed by atoms with E-state index >= 15 is 0 Å². The molecule has 1 heterocycles. The normalized spacial score (nSPS) is 11.5. The third kappa shape index (κ3) is 2.35. The van der Waals surface area contributed by atoms with Crippen molar-refractivity contribution in [1.29, 1.82) is 0 Å². The number of aliphatic hydroxyl groups is 1. The minimum absolute atomic E-state index is 0.0244. The van der Waals surface area contributed by atoms with Crippen LogP contribution in [-0.2, 0) is 12.8 Å². The van der Waals surface area contributed by atoms with Gasteiger partial charge in [-0.1, -0.05) is 0 Å². The van der Waals surface area contributed by atoms with Crippen molar-refractivity contribution in [3.63, 3.8) is 0 Å². The van der Waals surface area contributed by atoms with Crippen molar-refractivity contribution in [3.8, 4) is 5.75 Å². The van der Waals surface area contributed by atoms with E-state index in [4.69, 9.17) is 5.11 Å². The highest BCUT2D eigenvalue weighted by atomic mass is 19.4. The van der Waals surface area contributed by atoms with Crippen molar-refractivity contribution in [2.24, 2.45) is 0 Å². The van der Waals surface area contributed by atoms with E-state index in [0.717, 1.165) is 6.07 Å². The molecule has 0 saturated carbocycles. The van der Waals surface area contributed by atoms with Crippen LogP contribution >= 0.6 is 0 Å². The lowest BCUT2D eigenvalue weighted by Gasteiger charge is -2.09. The highest BCUT2D eigenvalue weighted by Gasteiger charge is 2.33. The predicted molar refractivity (Wildman–Crippen MR) is 41.7 cm³/mol. The van der Waals surface area contributed by atoms with Gasteiger partial charge >= 0.3 is 6.18 Å². The number of ether oxygens (including phenoxy) is 1. The Morgan fingerprint density at radius 2 is 2.07 bits per heavy atom. The molecule has 0 aliphatic rings. The van der Waals surface area contributed by atoms with Crippen LogP contribution in [0.5, 0.6) is 5.75 Å². The van der Waals surface area contributed by atoms with Crippen LogP contribution in [0.2, 0.25) is 0 Å². The third-order valence-corrected chi connectivity index (χ3v) is 1.54. The Balaban J connectivity index is 3.17. The van der Waals surface area contributed by atoms with Crippen LogP contribution in [0.3, 0.4) is 0 Å². The molecule has 0 aliphatic carbocycles. The fourth-order valence-corrected chi connectivity index (χ4v) is 0.904. The summed E-state index contributed by atoms with van der Waals surface area (Å²) in [6, 6.07) is 2.02. The van der Waals surface area contributed by atoms with Crippen LogP contribution in [0.1, 0.15) is 11.4 Å². The first kappa shape index (κ1) is 10.8. The van der Waals surface area contributed by atoms with E-state index < -0.39 is 18.5 Å². The molecule has 6 heteroatoms. The number of alkyl halides is 3. The standard InChI is InChI=1S/C8H8F3NO2/c1-14-6-2-5(4-13)12-7(3-6)8(9,10)11/h2-3,13H,4H2,1H3. The maximum absolute atomic E-state index is 12.2. The van der Waals surface area contributed by atoms with Crippen molar-refractivity contribution in [2.45, 2.75) is 12.8 Å². The van der Waals surface area contributed by atoms with Crippen molar-refractivity contribution in [3.05, 3.63) is 23.5 Å². The van der Waals surface area contributed by atoms with Gasteiger partial charge < -0.3 is 9.84 Å². The summed E-state index contributed by atoms with van der Waals surface area (Å²) in [6.45, 7) is -0.555. The van der Waals surface area contributed by atoms with Gasteiger partial charge in [0.15, 0.2) is 0 Å². The predicted octanol–water partition coefficient (Wildman–Crippen LogP) is 1.60. The Morgan fingerprint density at radius 3 is 2.50 bits per heavy atom. The lowest BCUT2D eigenvalue weighted by molar-refractivity contribution is -0.141. The average molecular weight is 207 g/mol. The lowest BCUT2D eigenvalue weighted by Crippen LogP contribution is -2.10. The molecule has 0 unspecified atom stereocenters. The van der Waals surface area contributed by atoms with Gasteiger partial charge in [-0.05, 0) is 0 Å². The van der Waals surface area contributed by atoms with E-state index in [1.165, 1.54) is 13.2 Å². The van der Waals surface area contributed by atoms with E-state index in [0.29, 0.717) is 0 Å². The smallest absolute Gasteiger partial charge is 0.433 e. The van der Waals surface area contributed by atoms with E-state index in [2.05, 4.69) is 9.72 Å². The van der Waals surface area contributed by atoms with Gasteiger partial charge in [-0.3, -0.25) is 0 Å². The van der Waals surface area contributed by atoms with Crippen LogP contribution in [0.15, 0.2) is 12.1 Å². The van der Waals surface area contributed by atoms with Crippen LogP contribution < -0.4 is 4.74 Å². The quantitative estimate of drug-likeness (QED) is 0.800. The highest BCUT2D eigenvalue weighted by molar-refractivity contribution is 5.28. The van der Waals surface area contributed by atoms with Crippen LogP contribution in [0, 0.1) is 0 Å². The van der Waals surface area contributed by atoms with Crippen LogP contribution in [0.4, 0.5) is 13.2 Å². The molecule has 0 aliphatic heterocycles. The Kier molecular flexibility index (Phi) is 2.95. The van der Waals surface area contributed by atoms with Gasteiger partial charge in [0.25, 0.3) is 0 Å². The molecular weight excluding hydrogens is 199 g/mol. The number of aromatic nitrogens is 1. The van der Waals surface area contributed by atoms with Crippen LogP contribution in [-0.4, -0.2) is 17.2 Å². The van der Waals surface area contributed by atoms with Gasteiger partial charge in [-0.15, -0.1) is 0 Å². The Hall–Kier alpha value is -1.30. The Bertz CT molecular complexity index is 303. The van der Waals surface area contributed by atoms with E-state index in [1.54, 1.807) is 0 Å². The molecule has 78 valence electrons. The summed E-state index contributed by atoms with van der Waals surface area (Å²) < 4.78 is 41.3. The number of hydrogen-bond acceptors (Lipinski definition) is 3. The molecule has 0 fully saturated rings. The molecule has 0 spiro atoms. The van der Waals surface area contributed by atoms with Gasteiger partial charge in [0.05, 0.1) is 19.4 Å². The van der Waals surface area contributed by atoms with E-state index in [9.17, 15) is 13.2 Å². The topological polar surface area (TPSA) is 42.4 Å². The lowest BCUT2D eigenvalue weighted by atomic mass is 10.3. The Morgan fingerprint density at radius 1 is 1.43 bits per heavy atom. The second-order valence-electron chi connectivity index (χ2n) is 2.54. The molecular formula is C8H8F3NO2. The molecule has 1 rings (SSSR count). The summed E-state index contributed by atoms with van der Waals surface area (Å²) in [5, 5.41) is 8.66. The van der Waals surface area contributed by atoms with Crippen LogP contribution in [0.25, 0.3) is 0 Å². The summed E-state index contributed by atoms with van der Waals surface area (Å²) in [7, 11) is 1.25. The number of methoxy groups -OCH3 is 1. The summed E-state index contributed by atoms with van der Waals surface area (Å²) in [5.74, 6) is 0.0244. The summed E-state index contributed by atoms with van der Waals surface area (Å²) in [5.41, 5.74) is -1.14. The molecule has 0 saturated heterocycles. The first-order valence-electron chi connectivity index (χ1n) is 3.70. The Labute approximate surface area is 78.2 Å². The minimum atomic E-state index is -4.53. The van der Waals surface area contributed by atoms with Crippen molar-refractivity contribution in [1.82, 2.24) is 4.98 Å². The van der Waals surface area contributed by atoms with Gasteiger partial charge in [0, 0.05) is 12.1 Å². The number of hydrogen-bond donors (Lipinski definition) is 1. The molecule has 0 radical (unpaired) electrons. The number of rotatable bonds is 2. The molecule has 0 bridgehead atoms. The van der Waals surface area contributed by atoms with Gasteiger partial charge in [-0.2, -0.15) is 13.2 Å². The maximum Gasteiger partial charge on any atom is 0.433 e. The fraction of sp³-hybridized carbons (Fsp3) is 0.375. The highest BCUT2D eigenvalue weighted by Crippen LogP contribution is 2.30. The van der Waals surface area contributed by atoms with Gasteiger partial charge in [0.2, 0.25) is 0 Å². The zero-order valence-corrected chi connectivity index (χ0v) is 7.30. The minimum Gasteiger partial charge on any atom is -0.497 e. The number of aliphatic hydroxyl groups excluding tert-OH is 1. The maximum atomic E-state index is 12.2. The number of halogens is 3. The fourth-order valence-electron chi connectivity index (χ4n) is 0.904. The number of nitrogens with zero attached hydrogens (tertiary/aromatic N) is 1. The van der Waals surface area contributed by atoms with Crippen molar-refractivity contribution >= 4 is 0 Å². The molecule has 1 aromatic heterocycles. The molecule has 14 heavy (non-hydrogen) atoms. The largest absolute Gasteiger partial charge is 0.497 e. The zero-order valence-electron chi connectivity index (χ0n) is 7.30. The molecule has 0 atom stereocenters. The molecule has 1 aromatic rings. The third-order valence-electron chi connectivity index (χ3n) is 1.54. The van der Waals surface area contributed by atoms with Crippen molar-refractivity contribution in [2.75, 3.05) is 7.11 Å². The second kappa shape index (κ2) is 3.83. The van der Waals surface area contributed by atoms with Gasteiger partial charge in [-0.25, -0.2) is 4.98 Å². The van der Waals surface area contributed by atoms with E-state index in [1.807, 2.05) is 0 Å². The molecule has 0 amide bonds. The monoisotopic (exact) mass is 207 g/mol. The molecule has 0 aromatic carbocycles. The average Bonchev–Trinajstić information content (AvgIpc) is 2.15. The molecule has 3 nitrogen and oxygen atoms in total. The number of pyridine rings is 1.